The highest BCUT2D eigenvalue weighted by Gasteiger charge is 2.15. The van der Waals surface area contributed by atoms with Crippen molar-refractivity contribution in [2.24, 2.45) is 0 Å². The van der Waals surface area contributed by atoms with Gasteiger partial charge in [-0.2, -0.15) is 0 Å². The van der Waals surface area contributed by atoms with Crippen LogP contribution in [0.4, 0.5) is 8.78 Å². The minimum atomic E-state index is -0.675. The van der Waals surface area contributed by atoms with E-state index in [-0.39, 0.29) is 11.5 Å². The van der Waals surface area contributed by atoms with Crippen LogP contribution < -0.4 is 0 Å². The van der Waals surface area contributed by atoms with Gasteiger partial charge in [-0.3, -0.25) is 0 Å². The van der Waals surface area contributed by atoms with Crippen LogP contribution in [0.25, 0.3) is 10.8 Å². The summed E-state index contributed by atoms with van der Waals surface area (Å²) in [5, 5.41) is 0.896. The molecule has 0 bridgehead atoms. The van der Waals surface area contributed by atoms with Gasteiger partial charge in [0.25, 0.3) is 0 Å². The Labute approximate surface area is 99.3 Å². The molecule has 0 aliphatic rings. The van der Waals surface area contributed by atoms with E-state index in [1.54, 1.807) is 12.1 Å². The van der Waals surface area contributed by atoms with E-state index in [2.05, 4.69) is 5.92 Å². The van der Waals surface area contributed by atoms with Crippen molar-refractivity contribution < 1.29 is 8.78 Å². The maximum Gasteiger partial charge on any atom is 0.142 e. The summed E-state index contributed by atoms with van der Waals surface area (Å²) >= 11 is 0. The van der Waals surface area contributed by atoms with Gasteiger partial charge in [-0.1, -0.05) is 38.0 Å². The Morgan fingerprint density at radius 2 is 1.88 bits per heavy atom. The third-order valence-corrected chi connectivity index (χ3v) is 2.86. The van der Waals surface area contributed by atoms with Gasteiger partial charge < -0.3 is 0 Å². The van der Waals surface area contributed by atoms with Crippen molar-refractivity contribution in [1.82, 2.24) is 0 Å². The maximum atomic E-state index is 13.7. The van der Waals surface area contributed by atoms with E-state index in [0.717, 1.165) is 11.6 Å². The first kappa shape index (κ1) is 11.6. The fourth-order valence-electron chi connectivity index (χ4n) is 2.05. The van der Waals surface area contributed by atoms with Gasteiger partial charge in [-0.15, -0.1) is 6.42 Å². The molecule has 0 N–H and O–H groups in total. The molecule has 0 unspecified atom stereocenters. The lowest BCUT2D eigenvalue weighted by Crippen LogP contribution is -1.97. The standard InChI is InChI=1S/C15H12F2/c1-4-10-13(16)8-14(17)12-7-5-6-11(9(2)3)15(10)12/h1,5-9H,2-3H3. The van der Waals surface area contributed by atoms with Gasteiger partial charge in [0.15, 0.2) is 0 Å². The van der Waals surface area contributed by atoms with Gasteiger partial charge in [0.1, 0.15) is 11.6 Å². The predicted octanol–water partition coefficient (Wildman–Crippen LogP) is 4.22. The summed E-state index contributed by atoms with van der Waals surface area (Å²) < 4.78 is 27.3. The fourth-order valence-corrected chi connectivity index (χ4v) is 2.05. The zero-order valence-corrected chi connectivity index (χ0v) is 9.72. The topological polar surface area (TPSA) is 0 Å². The normalized spacial score (nSPS) is 10.8. The molecule has 86 valence electrons. The Kier molecular flexibility index (Phi) is 2.85. The van der Waals surface area contributed by atoms with E-state index in [1.807, 2.05) is 19.9 Å². The van der Waals surface area contributed by atoms with E-state index in [0.29, 0.717) is 10.8 Å². The van der Waals surface area contributed by atoms with Crippen molar-refractivity contribution in [2.45, 2.75) is 19.8 Å². The largest absolute Gasteiger partial charge is 0.206 e. The lowest BCUT2D eigenvalue weighted by molar-refractivity contribution is 0.589. The van der Waals surface area contributed by atoms with Crippen molar-refractivity contribution in [3.63, 3.8) is 0 Å². The number of fused-ring (bicyclic) bond motifs is 1. The molecule has 0 aliphatic heterocycles. The van der Waals surface area contributed by atoms with Crippen molar-refractivity contribution in [3.8, 4) is 12.3 Å². The van der Waals surface area contributed by atoms with Crippen molar-refractivity contribution in [1.29, 1.82) is 0 Å². The molecule has 17 heavy (non-hydrogen) atoms. The van der Waals surface area contributed by atoms with Crippen molar-refractivity contribution in [2.75, 3.05) is 0 Å². The first-order chi connectivity index (χ1) is 8.06. The molecule has 0 saturated carbocycles. The Hall–Kier alpha value is -1.88. The molecule has 0 atom stereocenters. The third-order valence-electron chi connectivity index (χ3n) is 2.86. The second-order valence-corrected chi connectivity index (χ2v) is 4.28. The molecule has 0 nitrogen and oxygen atoms in total. The van der Waals surface area contributed by atoms with Crippen LogP contribution in [0.15, 0.2) is 24.3 Å². The molecular weight excluding hydrogens is 218 g/mol. The zero-order chi connectivity index (χ0) is 12.6. The number of benzene rings is 2. The Balaban J connectivity index is 3.02. The molecule has 2 aromatic rings. The highest BCUT2D eigenvalue weighted by Crippen LogP contribution is 2.31. The van der Waals surface area contributed by atoms with Crippen LogP contribution in [0, 0.1) is 24.0 Å². The van der Waals surface area contributed by atoms with Gasteiger partial charge in [0, 0.05) is 16.8 Å². The number of hydrogen-bond donors (Lipinski definition) is 0. The second kappa shape index (κ2) is 4.18. The monoisotopic (exact) mass is 230 g/mol. The molecule has 0 aromatic heterocycles. The van der Waals surface area contributed by atoms with Crippen LogP contribution in [-0.2, 0) is 0 Å². The summed E-state index contributed by atoms with van der Waals surface area (Å²) in [6.07, 6.45) is 5.32. The first-order valence-corrected chi connectivity index (χ1v) is 5.43. The van der Waals surface area contributed by atoms with Crippen molar-refractivity contribution in [3.05, 3.63) is 47.0 Å². The highest BCUT2D eigenvalue weighted by atomic mass is 19.1. The fraction of sp³-hybridized carbons (Fsp3) is 0.200. The molecule has 0 amide bonds. The predicted molar refractivity (Wildman–Crippen MR) is 65.9 cm³/mol. The van der Waals surface area contributed by atoms with Crippen molar-refractivity contribution >= 4 is 10.8 Å². The molecular formula is C15H12F2. The molecule has 2 rings (SSSR count). The smallest absolute Gasteiger partial charge is 0.142 e. The summed E-state index contributed by atoms with van der Waals surface area (Å²) in [5.41, 5.74) is 1.01. The quantitative estimate of drug-likeness (QED) is 0.643. The van der Waals surface area contributed by atoms with E-state index in [9.17, 15) is 8.78 Å². The van der Waals surface area contributed by atoms with Crippen LogP contribution >= 0.6 is 0 Å². The Bertz CT molecular complexity index is 619. The number of halogens is 2. The molecule has 2 aromatic carbocycles. The first-order valence-electron chi connectivity index (χ1n) is 5.43. The summed E-state index contributed by atoms with van der Waals surface area (Å²) in [4.78, 5) is 0. The lowest BCUT2D eigenvalue weighted by atomic mass is 9.92. The average molecular weight is 230 g/mol. The van der Waals surface area contributed by atoms with Gasteiger partial charge in [0.05, 0.1) is 5.56 Å². The minimum absolute atomic E-state index is 0.144. The maximum absolute atomic E-state index is 13.7. The summed E-state index contributed by atoms with van der Waals surface area (Å²) in [5.74, 6) is 1.23. The summed E-state index contributed by atoms with van der Waals surface area (Å²) in [7, 11) is 0. The molecule has 0 aliphatic carbocycles. The summed E-state index contributed by atoms with van der Waals surface area (Å²) in [6, 6.07) is 6.09. The number of hydrogen-bond acceptors (Lipinski definition) is 0. The summed E-state index contributed by atoms with van der Waals surface area (Å²) in [6.45, 7) is 3.94. The van der Waals surface area contributed by atoms with Gasteiger partial charge >= 0.3 is 0 Å². The molecule has 0 heterocycles. The van der Waals surface area contributed by atoms with Gasteiger partial charge in [0.2, 0.25) is 0 Å². The number of terminal acetylenes is 1. The van der Waals surface area contributed by atoms with Crippen LogP contribution in [0.5, 0.6) is 0 Å². The van der Waals surface area contributed by atoms with Gasteiger partial charge in [-0.05, 0) is 11.5 Å². The highest BCUT2D eigenvalue weighted by molar-refractivity contribution is 5.92. The minimum Gasteiger partial charge on any atom is -0.206 e. The van der Waals surface area contributed by atoms with Crippen LogP contribution in [0.2, 0.25) is 0 Å². The SMILES string of the molecule is C#Cc1c(F)cc(F)c2cccc(C(C)C)c12. The molecule has 0 saturated heterocycles. The van der Waals surface area contributed by atoms with E-state index >= 15 is 0 Å². The van der Waals surface area contributed by atoms with Crippen LogP contribution in [0.1, 0.15) is 30.9 Å². The Morgan fingerprint density at radius 3 is 2.47 bits per heavy atom. The van der Waals surface area contributed by atoms with Gasteiger partial charge in [-0.25, -0.2) is 8.78 Å². The van der Waals surface area contributed by atoms with E-state index in [4.69, 9.17) is 6.42 Å². The van der Waals surface area contributed by atoms with E-state index in [1.165, 1.54) is 0 Å². The number of rotatable bonds is 1. The Morgan fingerprint density at radius 1 is 1.18 bits per heavy atom. The molecule has 0 spiro atoms. The van der Waals surface area contributed by atoms with Crippen LogP contribution in [0.3, 0.4) is 0 Å². The zero-order valence-electron chi connectivity index (χ0n) is 9.72. The third kappa shape index (κ3) is 1.78. The lowest BCUT2D eigenvalue weighted by Gasteiger charge is -2.12. The molecule has 2 heteroatoms. The molecule has 0 fully saturated rings. The second-order valence-electron chi connectivity index (χ2n) is 4.28. The molecule has 0 radical (unpaired) electrons. The average Bonchev–Trinajstić information content (AvgIpc) is 2.28. The van der Waals surface area contributed by atoms with Crippen LogP contribution in [-0.4, -0.2) is 0 Å². The van der Waals surface area contributed by atoms with E-state index < -0.39 is 11.6 Å².